The van der Waals surface area contributed by atoms with Crippen molar-refractivity contribution in [1.29, 1.82) is 0 Å². The van der Waals surface area contributed by atoms with Crippen molar-refractivity contribution >= 4 is 5.97 Å². The molecule has 0 radical (unpaired) electrons. The summed E-state index contributed by atoms with van der Waals surface area (Å²) in [6, 6.07) is 10.7. The zero-order chi connectivity index (χ0) is 16.9. The van der Waals surface area contributed by atoms with Crippen LogP contribution in [0.5, 0.6) is 0 Å². The number of nitrogens with zero attached hydrogens (tertiary/aromatic N) is 1. The van der Waals surface area contributed by atoms with Crippen molar-refractivity contribution in [2.75, 3.05) is 19.7 Å². The molecule has 2 aliphatic rings. The number of ether oxygens (including phenoxy) is 1. The fraction of sp³-hybridized carbons (Fsp3) is 0.571. The lowest BCUT2D eigenvalue weighted by atomic mass is 9.85. The molecule has 0 aromatic heterocycles. The first kappa shape index (κ1) is 17.2. The van der Waals surface area contributed by atoms with Crippen molar-refractivity contribution in [2.45, 2.75) is 45.1 Å². The Kier molecular flexibility index (Phi) is 5.72. The summed E-state index contributed by atoms with van der Waals surface area (Å²) >= 11 is 0. The van der Waals surface area contributed by atoms with E-state index in [9.17, 15) is 4.79 Å². The van der Waals surface area contributed by atoms with Crippen LogP contribution in [0.2, 0.25) is 0 Å². The molecule has 0 amide bonds. The third-order valence-corrected chi connectivity index (χ3v) is 5.43. The van der Waals surface area contributed by atoms with Gasteiger partial charge in [-0.15, -0.1) is 0 Å². The summed E-state index contributed by atoms with van der Waals surface area (Å²) in [7, 11) is 0. The number of esters is 1. The molecule has 1 aliphatic carbocycles. The molecule has 0 bridgehead atoms. The van der Waals surface area contributed by atoms with Crippen LogP contribution in [0, 0.1) is 11.8 Å². The Morgan fingerprint density at radius 3 is 2.71 bits per heavy atom. The van der Waals surface area contributed by atoms with Gasteiger partial charge in [-0.25, -0.2) is 0 Å². The van der Waals surface area contributed by atoms with E-state index in [4.69, 9.17) is 4.74 Å². The molecule has 130 valence electrons. The largest absolute Gasteiger partial charge is 0.464 e. The number of hydrogen-bond acceptors (Lipinski definition) is 3. The molecule has 0 saturated carbocycles. The lowest BCUT2D eigenvalue weighted by Gasteiger charge is -2.24. The lowest BCUT2D eigenvalue weighted by molar-refractivity contribution is -0.147. The summed E-state index contributed by atoms with van der Waals surface area (Å²) in [6.07, 6.45) is 7.71. The smallest absolute Gasteiger partial charge is 0.314 e. The molecule has 0 spiro atoms. The van der Waals surface area contributed by atoms with E-state index in [2.05, 4.69) is 30.9 Å². The van der Waals surface area contributed by atoms with Crippen LogP contribution in [0.4, 0.5) is 0 Å². The quantitative estimate of drug-likeness (QED) is 0.584. The van der Waals surface area contributed by atoms with Gasteiger partial charge < -0.3 is 4.74 Å². The van der Waals surface area contributed by atoms with Gasteiger partial charge in [0.2, 0.25) is 0 Å². The number of rotatable bonds is 6. The Morgan fingerprint density at radius 1 is 1.29 bits per heavy atom. The topological polar surface area (TPSA) is 29.5 Å². The van der Waals surface area contributed by atoms with Crippen LogP contribution in [0.25, 0.3) is 0 Å². The van der Waals surface area contributed by atoms with Crippen molar-refractivity contribution < 1.29 is 9.53 Å². The van der Waals surface area contributed by atoms with Gasteiger partial charge in [0.25, 0.3) is 0 Å². The zero-order valence-corrected chi connectivity index (χ0v) is 14.9. The van der Waals surface area contributed by atoms with E-state index in [0.29, 0.717) is 12.6 Å². The number of hydrogen-bond donors (Lipinski definition) is 0. The zero-order valence-electron chi connectivity index (χ0n) is 14.9. The Bertz CT molecular complexity index is 568. The van der Waals surface area contributed by atoms with Crippen molar-refractivity contribution in [3.05, 3.63) is 48.0 Å². The second-order valence-electron chi connectivity index (χ2n) is 7.41. The molecule has 3 heteroatoms. The number of carbonyl (C=O) groups excluding carboxylic acids is 1. The molecule has 1 aliphatic heterocycles. The minimum Gasteiger partial charge on any atom is -0.464 e. The standard InChI is InChI=1S/C21H29NO2/c1-16-14-17(2)22(15-16)12-13-24-21(23)20(19-10-6-7-11-19)18-8-4-3-5-9-18/h3-6,8-10,16-17,19-20H,7,11-15H2,1-2H3. The van der Waals surface area contributed by atoms with Gasteiger partial charge in [-0.3, -0.25) is 9.69 Å². The molecule has 1 aromatic carbocycles. The molecule has 24 heavy (non-hydrogen) atoms. The Balaban J connectivity index is 1.59. The van der Waals surface area contributed by atoms with E-state index in [1.807, 2.05) is 30.3 Å². The van der Waals surface area contributed by atoms with Gasteiger partial charge in [0, 0.05) is 19.1 Å². The summed E-state index contributed by atoms with van der Waals surface area (Å²) in [5.41, 5.74) is 1.07. The van der Waals surface area contributed by atoms with Crippen LogP contribution in [-0.2, 0) is 9.53 Å². The number of benzene rings is 1. The van der Waals surface area contributed by atoms with E-state index < -0.39 is 0 Å². The maximum Gasteiger partial charge on any atom is 0.314 e. The molecule has 1 heterocycles. The molecular formula is C21H29NO2. The third-order valence-electron chi connectivity index (χ3n) is 5.43. The van der Waals surface area contributed by atoms with Crippen molar-refractivity contribution in [3.8, 4) is 0 Å². The van der Waals surface area contributed by atoms with Crippen LogP contribution in [-0.4, -0.2) is 36.6 Å². The van der Waals surface area contributed by atoms with E-state index in [-0.39, 0.29) is 17.8 Å². The lowest BCUT2D eigenvalue weighted by Crippen LogP contribution is -2.32. The maximum atomic E-state index is 12.8. The molecule has 3 rings (SSSR count). The predicted octanol–water partition coefficient (Wildman–Crippen LogP) is 4.01. The molecule has 3 nitrogen and oxygen atoms in total. The van der Waals surface area contributed by atoms with Gasteiger partial charge >= 0.3 is 5.97 Å². The summed E-state index contributed by atoms with van der Waals surface area (Å²) in [5, 5.41) is 0. The number of allylic oxidation sites excluding steroid dienone is 2. The summed E-state index contributed by atoms with van der Waals surface area (Å²) in [4.78, 5) is 15.2. The van der Waals surface area contributed by atoms with Crippen LogP contribution in [0.3, 0.4) is 0 Å². The molecular weight excluding hydrogens is 298 g/mol. The van der Waals surface area contributed by atoms with E-state index >= 15 is 0 Å². The van der Waals surface area contributed by atoms with E-state index in [0.717, 1.165) is 37.4 Å². The number of carbonyl (C=O) groups is 1. The highest BCUT2D eigenvalue weighted by Crippen LogP contribution is 2.34. The molecule has 4 unspecified atom stereocenters. The van der Waals surface area contributed by atoms with Gasteiger partial charge in [0.05, 0.1) is 5.92 Å². The number of likely N-dealkylation sites (tertiary alicyclic amines) is 1. The Labute approximate surface area is 145 Å². The minimum absolute atomic E-state index is 0.0716. The maximum absolute atomic E-state index is 12.8. The van der Waals surface area contributed by atoms with Gasteiger partial charge in [-0.2, -0.15) is 0 Å². The van der Waals surface area contributed by atoms with Crippen LogP contribution in [0.1, 0.15) is 44.6 Å². The highest BCUT2D eigenvalue weighted by Gasteiger charge is 2.31. The Morgan fingerprint density at radius 2 is 2.08 bits per heavy atom. The minimum atomic E-state index is -0.167. The van der Waals surface area contributed by atoms with Crippen LogP contribution < -0.4 is 0 Å². The van der Waals surface area contributed by atoms with Gasteiger partial charge in [0.15, 0.2) is 0 Å². The van der Waals surface area contributed by atoms with E-state index in [1.54, 1.807) is 0 Å². The first-order valence-corrected chi connectivity index (χ1v) is 9.27. The SMILES string of the molecule is CC1CC(C)N(CCOC(=O)C(c2ccccc2)C2C=CCC2)C1. The van der Waals surface area contributed by atoms with Crippen molar-refractivity contribution in [3.63, 3.8) is 0 Å². The van der Waals surface area contributed by atoms with E-state index in [1.165, 1.54) is 6.42 Å². The van der Waals surface area contributed by atoms with Gasteiger partial charge in [0.1, 0.15) is 6.61 Å². The second-order valence-corrected chi connectivity index (χ2v) is 7.41. The summed E-state index contributed by atoms with van der Waals surface area (Å²) in [6.45, 7) is 7.02. The average Bonchev–Trinajstić information content (AvgIpc) is 3.19. The summed E-state index contributed by atoms with van der Waals surface area (Å²) < 4.78 is 5.70. The highest BCUT2D eigenvalue weighted by atomic mass is 16.5. The molecule has 0 N–H and O–H groups in total. The van der Waals surface area contributed by atoms with Gasteiger partial charge in [-0.05, 0) is 43.6 Å². The fourth-order valence-corrected chi connectivity index (χ4v) is 4.20. The first-order valence-electron chi connectivity index (χ1n) is 9.27. The first-order chi connectivity index (χ1) is 11.6. The average molecular weight is 327 g/mol. The van der Waals surface area contributed by atoms with Crippen LogP contribution >= 0.6 is 0 Å². The van der Waals surface area contributed by atoms with Crippen molar-refractivity contribution in [1.82, 2.24) is 4.90 Å². The third kappa shape index (κ3) is 4.07. The monoisotopic (exact) mass is 327 g/mol. The normalized spacial score (nSPS) is 28.2. The molecule has 1 aromatic rings. The van der Waals surface area contributed by atoms with Crippen molar-refractivity contribution in [2.24, 2.45) is 11.8 Å². The second kappa shape index (κ2) is 7.98. The molecule has 1 fully saturated rings. The molecule has 4 atom stereocenters. The summed E-state index contributed by atoms with van der Waals surface area (Å²) in [5.74, 6) is 0.777. The van der Waals surface area contributed by atoms with Crippen LogP contribution in [0.15, 0.2) is 42.5 Å². The predicted molar refractivity (Wildman–Crippen MR) is 96.8 cm³/mol. The highest BCUT2D eigenvalue weighted by molar-refractivity contribution is 5.79. The molecule has 1 saturated heterocycles. The Hall–Kier alpha value is -1.61. The van der Waals surface area contributed by atoms with Gasteiger partial charge in [-0.1, -0.05) is 49.4 Å². The fourth-order valence-electron chi connectivity index (χ4n) is 4.20.